The Morgan fingerprint density at radius 1 is 1.53 bits per heavy atom. The average molecular weight is 286 g/mol. The highest BCUT2D eigenvalue weighted by molar-refractivity contribution is 7.09. The second-order valence-corrected chi connectivity index (χ2v) is 4.77. The second kappa shape index (κ2) is 7.82. The number of aromatic nitrogens is 1. The average Bonchev–Trinajstić information content (AvgIpc) is 2.86. The maximum Gasteiger partial charge on any atom is 0.271 e. The van der Waals surface area contributed by atoms with Gasteiger partial charge >= 0.3 is 0 Å². The molecule has 106 valence electrons. The molecule has 0 spiro atoms. The van der Waals surface area contributed by atoms with Crippen LogP contribution in [0.25, 0.3) is 0 Å². The Morgan fingerprint density at radius 3 is 2.84 bits per heavy atom. The number of thiazole rings is 1. The Kier molecular flexibility index (Phi) is 6.40. The predicted molar refractivity (Wildman–Crippen MR) is 71.9 cm³/mol. The number of hydrogen-bond donors (Lipinski definition) is 3. The summed E-state index contributed by atoms with van der Waals surface area (Å²) >= 11 is 1.32. The van der Waals surface area contributed by atoms with Crippen molar-refractivity contribution >= 4 is 23.2 Å². The molecule has 1 unspecified atom stereocenters. The van der Waals surface area contributed by atoms with E-state index in [-0.39, 0.29) is 30.1 Å². The zero-order valence-corrected chi connectivity index (χ0v) is 11.8. The lowest BCUT2D eigenvalue weighted by Gasteiger charge is -2.05. The maximum absolute atomic E-state index is 11.7. The first-order valence-electron chi connectivity index (χ1n) is 5.79. The van der Waals surface area contributed by atoms with E-state index in [1.165, 1.54) is 11.3 Å². The van der Waals surface area contributed by atoms with Crippen LogP contribution in [0.5, 0.6) is 0 Å². The van der Waals surface area contributed by atoms with E-state index in [4.69, 9.17) is 10.5 Å². The van der Waals surface area contributed by atoms with Gasteiger partial charge in [0.25, 0.3) is 5.91 Å². The van der Waals surface area contributed by atoms with Crippen LogP contribution in [0.4, 0.5) is 0 Å². The fourth-order valence-electron chi connectivity index (χ4n) is 1.21. The predicted octanol–water partition coefficient (Wildman–Crippen LogP) is -0.345. The number of amides is 2. The minimum Gasteiger partial charge on any atom is -0.383 e. The SMILES string of the molecule is COCCNC(=O)CNC(=O)c1csc(C(C)N)n1. The molecular formula is C11H18N4O3S. The molecule has 0 aliphatic rings. The van der Waals surface area contributed by atoms with Gasteiger partial charge in [0.1, 0.15) is 10.7 Å². The zero-order valence-electron chi connectivity index (χ0n) is 10.9. The van der Waals surface area contributed by atoms with E-state index >= 15 is 0 Å². The number of nitrogens with two attached hydrogens (primary N) is 1. The third kappa shape index (κ3) is 5.33. The number of hydrogen-bond acceptors (Lipinski definition) is 6. The van der Waals surface area contributed by atoms with E-state index < -0.39 is 0 Å². The molecule has 1 atom stereocenters. The van der Waals surface area contributed by atoms with E-state index in [0.717, 1.165) is 0 Å². The Hall–Kier alpha value is -1.51. The number of carbonyl (C=O) groups excluding carboxylic acids is 2. The Balaban J connectivity index is 2.36. The normalized spacial score (nSPS) is 11.9. The van der Waals surface area contributed by atoms with Crippen LogP contribution in [0.2, 0.25) is 0 Å². The Labute approximate surface area is 115 Å². The van der Waals surface area contributed by atoms with E-state index in [9.17, 15) is 9.59 Å². The molecule has 4 N–H and O–H groups in total. The van der Waals surface area contributed by atoms with Crippen molar-refractivity contribution in [1.82, 2.24) is 15.6 Å². The third-order valence-corrected chi connectivity index (χ3v) is 3.23. The molecule has 0 aliphatic carbocycles. The number of ether oxygens (including phenoxy) is 1. The van der Waals surface area contributed by atoms with Gasteiger partial charge in [-0.05, 0) is 6.92 Å². The standard InChI is InChI=1S/C11H18N4O3S/c1-7(12)11-15-8(6-19-11)10(17)14-5-9(16)13-3-4-18-2/h6-7H,3-5,12H2,1-2H3,(H,13,16)(H,14,17). The maximum atomic E-state index is 11.7. The molecule has 1 rings (SSSR count). The van der Waals surface area contributed by atoms with Crippen molar-refractivity contribution in [3.05, 3.63) is 16.1 Å². The van der Waals surface area contributed by atoms with Crippen LogP contribution in [0.3, 0.4) is 0 Å². The largest absolute Gasteiger partial charge is 0.383 e. The molecule has 1 aromatic rings. The smallest absolute Gasteiger partial charge is 0.271 e. The lowest BCUT2D eigenvalue weighted by Crippen LogP contribution is -2.38. The van der Waals surface area contributed by atoms with E-state index in [1.54, 1.807) is 19.4 Å². The van der Waals surface area contributed by atoms with Crippen molar-refractivity contribution in [2.75, 3.05) is 26.8 Å². The number of nitrogens with zero attached hydrogens (tertiary/aromatic N) is 1. The van der Waals surface area contributed by atoms with Crippen molar-refractivity contribution in [1.29, 1.82) is 0 Å². The van der Waals surface area contributed by atoms with Crippen molar-refractivity contribution in [3.63, 3.8) is 0 Å². The minimum atomic E-state index is -0.384. The number of carbonyl (C=O) groups is 2. The number of nitrogens with one attached hydrogen (secondary N) is 2. The summed E-state index contributed by atoms with van der Waals surface area (Å²) < 4.78 is 4.79. The first-order valence-corrected chi connectivity index (χ1v) is 6.67. The zero-order chi connectivity index (χ0) is 14.3. The molecule has 19 heavy (non-hydrogen) atoms. The summed E-state index contributed by atoms with van der Waals surface area (Å²) in [5.41, 5.74) is 5.94. The second-order valence-electron chi connectivity index (χ2n) is 3.89. The highest BCUT2D eigenvalue weighted by Gasteiger charge is 2.13. The van der Waals surface area contributed by atoms with Crippen molar-refractivity contribution < 1.29 is 14.3 Å². The van der Waals surface area contributed by atoms with Gasteiger partial charge in [-0.25, -0.2) is 4.98 Å². The van der Waals surface area contributed by atoms with Crippen LogP contribution in [0.15, 0.2) is 5.38 Å². The fraction of sp³-hybridized carbons (Fsp3) is 0.545. The lowest BCUT2D eigenvalue weighted by atomic mass is 10.4. The molecule has 0 bridgehead atoms. The molecule has 8 heteroatoms. The summed E-state index contributed by atoms with van der Waals surface area (Å²) in [7, 11) is 1.55. The molecule has 2 amide bonds. The Morgan fingerprint density at radius 2 is 2.26 bits per heavy atom. The van der Waals surface area contributed by atoms with Gasteiger partial charge in [0, 0.05) is 19.0 Å². The monoisotopic (exact) mass is 286 g/mol. The van der Waals surface area contributed by atoms with Gasteiger partial charge in [-0.2, -0.15) is 0 Å². The van der Waals surface area contributed by atoms with E-state index in [2.05, 4.69) is 15.6 Å². The first-order chi connectivity index (χ1) is 9.04. The van der Waals surface area contributed by atoms with Crippen molar-refractivity contribution in [2.24, 2.45) is 5.73 Å². The van der Waals surface area contributed by atoms with Crippen molar-refractivity contribution in [3.8, 4) is 0 Å². The summed E-state index contributed by atoms with van der Waals surface area (Å²) in [5, 5.41) is 7.40. The van der Waals surface area contributed by atoms with Crippen LogP contribution in [0.1, 0.15) is 28.5 Å². The summed E-state index contributed by atoms with van der Waals surface area (Å²) in [6.45, 7) is 2.55. The molecule has 0 saturated carbocycles. The van der Waals surface area contributed by atoms with Crippen molar-refractivity contribution in [2.45, 2.75) is 13.0 Å². The molecular weight excluding hydrogens is 268 g/mol. The molecule has 7 nitrogen and oxygen atoms in total. The quantitative estimate of drug-likeness (QED) is 0.594. The number of rotatable bonds is 7. The molecule has 1 heterocycles. The van der Waals surface area contributed by atoms with E-state index in [1.807, 2.05) is 0 Å². The summed E-state index contributed by atoms with van der Waals surface area (Å²) in [6.07, 6.45) is 0. The Bertz CT molecular complexity index is 433. The first kappa shape index (κ1) is 15.5. The van der Waals surface area contributed by atoms with Gasteiger partial charge in [0.15, 0.2) is 0 Å². The van der Waals surface area contributed by atoms with E-state index in [0.29, 0.717) is 18.2 Å². The van der Waals surface area contributed by atoms with Crippen LogP contribution >= 0.6 is 11.3 Å². The van der Waals surface area contributed by atoms with Crippen LogP contribution in [0, 0.1) is 0 Å². The summed E-state index contributed by atoms with van der Waals surface area (Å²) in [5.74, 6) is -0.655. The number of methoxy groups -OCH3 is 1. The highest BCUT2D eigenvalue weighted by atomic mass is 32.1. The summed E-state index contributed by atoms with van der Waals surface area (Å²) in [6, 6.07) is -0.205. The van der Waals surface area contributed by atoms with Gasteiger partial charge in [-0.3, -0.25) is 9.59 Å². The fourth-order valence-corrected chi connectivity index (χ4v) is 1.96. The molecule has 0 aromatic carbocycles. The van der Waals surface area contributed by atoms with Gasteiger partial charge in [-0.1, -0.05) is 0 Å². The van der Waals surface area contributed by atoms with Gasteiger partial charge in [0.05, 0.1) is 19.2 Å². The lowest BCUT2D eigenvalue weighted by molar-refractivity contribution is -0.120. The molecule has 1 aromatic heterocycles. The van der Waals surface area contributed by atoms with Gasteiger partial charge in [0.2, 0.25) is 5.91 Å². The van der Waals surface area contributed by atoms with Gasteiger partial charge in [-0.15, -0.1) is 11.3 Å². The molecule has 0 saturated heterocycles. The molecule has 0 radical (unpaired) electrons. The summed E-state index contributed by atoms with van der Waals surface area (Å²) in [4.78, 5) is 27.1. The minimum absolute atomic E-state index is 0.0897. The molecule has 0 aliphatic heterocycles. The van der Waals surface area contributed by atoms with Crippen LogP contribution in [-0.2, 0) is 9.53 Å². The highest BCUT2D eigenvalue weighted by Crippen LogP contribution is 2.15. The molecule has 0 fully saturated rings. The van der Waals surface area contributed by atoms with Gasteiger partial charge < -0.3 is 21.1 Å². The van der Waals surface area contributed by atoms with Crippen LogP contribution < -0.4 is 16.4 Å². The van der Waals surface area contributed by atoms with Crippen LogP contribution in [-0.4, -0.2) is 43.6 Å². The topological polar surface area (TPSA) is 106 Å². The third-order valence-electron chi connectivity index (χ3n) is 2.18.